The van der Waals surface area contributed by atoms with Crippen molar-refractivity contribution in [2.24, 2.45) is 5.41 Å². The second-order valence-corrected chi connectivity index (χ2v) is 14.1. The number of sulfone groups is 1. The summed E-state index contributed by atoms with van der Waals surface area (Å²) < 4.78 is 50.4. The van der Waals surface area contributed by atoms with Crippen molar-refractivity contribution in [2.75, 3.05) is 16.0 Å². The predicted octanol–water partition coefficient (Wildman–Crippen LogP) is 6.40. The van der Waals surface area contributed by atoms with Crippen LogP contribution in [0.4, 0.5) is 15.8 Å². The van der Waals surface area contributed by atoms with E-state index < -0.39 is 39.1 Å². The number of nitrogens with one attached hydrogen (secondary N) is 1. The molecule has 4 aromatic carbocycles. The number of allylic oxidation sites excluding steroid dienone is 1. The highest BCUT2D eigenvalue weighted by Gasteiger charge is 2.48. The molecule has 2 aliphatic heterocycles. The minimum Gasteiger partial charge on any atom is -0.506 e. The van der Waals surface area contributed by atoms with E-state index in [1.54, 1.807) is 30.3 Å². The fourth-order valence-corrected chi connectivity index (χ4v) is 8.46. The number of ether oxygens (including phenoxy) is 1. The minimum atomic E-state index is -4.11. The van der Waals surface area contributed by atoms with E-state index in [0.29, 0.717) is 0 Å². The van der Waals surface area contributed by atoms with Crippen molar-refractivity contribution < 1.29 is 32.6 Å². The number of hydrogen-bond acceptors (Lipinski definition) is 7. The summed E-state index contributed by atoms with van der Waals surface area (Å²) in [6, 6.07) is 24.6. The smallest absolute Gasteiger partial charge is 0.261 e. The molecule has 0 aliphatic carbocycles. The van der Waals surface area contributed by atoms with Crippen molar-refractivity contribution in [1.82, 2.24) is 0 Å². The molecule has 0 saturated carbocycles. The summed E-state index contributed by atoms with van der Waals surface area (Å²) >= 11 is 0. The number of nitrogens with zero attached hydrogens (tertiary/aromatic N) is 1. The number of benzene rings is 4. The Balaban J connectivity index is 1.55. The van der Waals surface area contributed by atoms with E-state index in [1.165, 1.54) is 30.3 Å². The third kappa shape index (κ3) is 5.91. The predicted molar refractivity (Wildman–Crippen MR) is 170 cm³/mol. The van der Waals surface area contributed by atoms with Gasteiger partial charge in [0.2, 0.25) is 0 Å². The molecule has 4 aromatic rings. The van der Waals surface area contributed by atoms with Crippen LogP contribution in [0.25, 0.3) is 0 Å². The van der Waals surface area contributed by atoms with Crippen molar-refractivity contribution in [2.45, 2.75) is 39.0 Å². The number of aliphatic hydroxyl groups excluding tert-OH is 1. The van der Waals surface area contributed by atoms with Gasteiger partial charge in [0, 0.05) is 17.3 Å². The van der Waals surface area contributed by atoms with E-state index in [4.69, 9.17) is 4.74 Å². The van der Waals surface area contributed by atoms with Gasteiger partial charge >= 0.3 is 0 Å². The summed E-state index contributed by atoms with van der Waals surface area (Å²) in [5.41, 5.74) is 0.758. The average molecular weight is 629 g/mol. The number of aromatic hydroxyl groups is 1. The monoisotopic (exact) mass is 628 g/mol. The summed E-state index contributed by atoms with van der Waals surface area (Å²) in [5.74, 6) is -1.96. The topological polar surface area (TPSA) is 116 Å². The minimum absolute atomic E-state index is 0.0808. The number of fused-ring (bicyclic) bond motifs is 1. The van der Waals surface area contributed by atoms with Gasteiger partial charge in [-0.1, -0.05) is 80.6 Å². The first kappa shape index (κ1) is 30.4. The lowest BCUT2D eigenvalue weighted by Gasteiger charge is -2.38. The SMILES string of the molecule is CC1(C)CC2=C(C(c3ccc(OCc4ccccc4)cc3F)N(C(=O)C(O)c3ccccc3)c3cccc(O)c3N2)S(=O)(=O)C1. The number of halogens is 1. The highest BCUT2D eigenvalue weighted by atomic mass is 32.2. The Morgan fingerprint density at radius 1 is 1.02 bits per heavy atom. The maximum absolute atomic E-state index is 16.3. The number of carbonyl (C=O) groups is 1. The molecule has 10 heteroatoms. The van der Waals surface area contributed by atoms with Crippen LogP contribution >= 0.6 is 0 Å². The van der Waals surface area contributed by atoms with Crippen LogP contribution in [0.5, 0.6) is 11.5 Å². The molecule has 2 atom stereocenters. The molecule has 6 rings (SSSR count). The Kier molecular flexibility index (Phi) is 7.88. The van der Waals surface area contributed by atoms with E-state index in [1.807, 2.05) is 44.2 Å². The number of carbonyl (C=O) groups excluding carboxylic acids is 1. The van der Waals surface area contributed by atoms with Gasteiger partial charge in [0.1, 0.15) is 35.7 Å². The molecule has 2 aliphatic rings. The molecule has 0 spiro atoms. The van der Waals surface area contributed by atoms with Crippen LogP contribution in [0.15, 0.2) is 108 Å². The zero-order chi connectivity index (χ0) is 31.9. The molecule has 2 unspecified atom stereocenters. The largest absolute Gasteiger partial charge is 0.506 e. The van der Waals surface area contributed by atoms with Crippen LogP contribution in [0, 0.1) is 11.2 Å². The van der Waals surface area contributed by atoms with E-state index in [-0.39, 0.29) is 63.4 Å². The van der Waals surface area contributed by atoms with E-state index in [2.05, 4.69) is 5.32 Å². The molecule has 2 heterocycles. The van der Waals surface area contributed by atoms with E-state index >= 15 is 4.39 Å². The summed E-state index contributed by atoms with van der Waals surface area (Å²) in [7, 11) is -4.11. The lowest BCUT2D eigenvalue weighted by molar-refractivity contribution is -0.127. The van der Waals surface area contributed by atoms with Crippen LogP contribution in [0.2, 0.25) is 0 Å². The van der Waals surface area contributed by atoms with Gasteiger partial charge in [0.15, 0.2) is 15.9 Å². The fourth-order valence-electron chi connectivity index (χ4n) is 6.10. The first-order chi connectivity index (χ1) is 21.4. The Bertz CT molecular complexity index is 1890. The van der Waals surface area contributed by atoms with Gasteiger partial charge in [-0.2, -0.15) is 0 Å². The molecule has 3 N–H and O–H groups in total. The highest BCUT2D eigenvalue weighted by molar-refractivity contribution is 7.95. The lowest BCUT2D eigenvalue weighted by atomic mass is 9.88. The van der Waals surface area contributed by atoms with Gasteiger partial charge < -0.3 is 20.3 Å². The van der Waals surface area contributed by atoms with Crippen LogP contribution in [0.3, 0.4) is 0 Å². The summed E-state index contributed by atoms with van der Waals surface area (Å²) in [6.07, 6.45) is -1.47. The first-order valence-electron chi connectivity index (χ1n) is 14.5. The number of amides is 1. The molecule has 232 valence electrons. The first-order valence-corrected chi connectivity index (χ1v) is 16.2. The quantitative estimate of drug-likeness (QED) is 0.212. The molecule has 0 aromatic heterocycles. The molecule has 0 bridgehead atoms. The van der Waals surface area contributed by atoms with Gasteiger partial charge in [-0.25, -0.2) is 12.8 Å². The Hall–Kier alpha value is -4.67. The van der Waals surface area contributed by atoms with Gasteiger partial charge in [0.25, 0.3) is 5.91 Å². The zero-order valence-corrected chi connectivity index (χ0v) is 25.6. The maximum atomic E-state index is 16.3. The van der Waals surface area contributed by atoms with E-state index in [9.17, 15) is 23.4 Å². The third-order valence-corrected chi connectivity index (χ3v) is 10.3. The maximum Gasteiger partial charge on any atom is 0.261 e. The molecule has 1 amide bonds. The molecule has 0 fully saturated rings. The lowest BCUT2D eigenvalue weighted by Crippen LogP contribution is -2.43. The van der Waals surface area contributed by atoms with Crippen LogP contribution in [-0.2, 0) is 21.2 Å². The Labute approximate surface area is 261 Å². The number of phenols is 1. The molecule has 0 saturated heterocycles. The zero-order valence-electron chi connectivity index (χ0n) is 24.8. The van der Waals surface area contributed by atoms with Crippen molar-refractivity contribution in [3.63, 3.8) is 0 Å². The highest BCUT2D eigenvalue weighted by Crippen LogP contribution is 2.52. The van der Waals surface area contributed by atoms with Crippen LogP contribution in [0.1, 0.15) is 49.1 Å². The number of phenolic OH excluding ortho intramolecular Hbond substituents is 1. The molecular weight excluding hydrogens is 595 g/mol. The molecule has 45 heavy (non-hydrogen) atoms. The van der Waals surface area contributed by atoms with Crippen molar-refractivity contribution >= 4 is 27.1 Å². The Morgan fingerprint density at radius 2 is 1.71 bits per heavy atom. The number of rotatable bonds is 6. The third-order valence-electron chi connectivity index (χ3n) is 8.03. The number of para-hydroxylation sites is 1. The second kappa shape index (κ2) is 11.7. The Morgan fingerprint density at radius 3 is 2.40 bits per heavy atom. The van der Waals surface area contributed by atoms with Crippen molar-refractivity contribution in [3.05, 3.63) is 130 Å². The standard InChI is InChI=1S/C35H33FN2O6S/c1-35(2)19-27-33(45(42,43)21-35)31(25-17-16-24(18-26(25)36)44-20-22-10-5-3-6-11-22)38(28-14-9-15-29(39)30(28)37-27)34(41)32(40)23-12-7-4-8-13-23/h3-18,31-32,37,39-40H,19-21H2,1-2H3. The number of hydrogen-bond donors (Lipinski definition) is 3. The van der Waals surface area contributed by atoms with Gasteiger partial charge in [-0.05, 0) is 47.2 Å². The fraction of sp³-hybridized carbons (Fsp3) is 0.229. The molecular formula is C35H33FN2O6S. The van der Waals surface area contributed by atoms with Crippen LogP contribution in [-0.4, -0.2) is 30.3 Å². The number of aliphatic hydroxyl groups is 1. The van der Waals surface area contributed by atoms with Gasteiger partial charge in [-0.3, -0.25) is 9.69 Å². The summed E-state index contributed by atoms with van der Waals surface area (Å²) in [5, 5.41) is 25.4. The van der Waals surface area contributed by atoms with Crippen LogP contribution < -0.4 is 15.0 Å². The van der Waals surface area contributed by atoms with Gasteiger partial charge in [0.05, 0.1) is 16.3 Å². The summed E-state index contributed by atoms with van der Waals surface area (Å²) in [4.78, 5) is 15.3. The van der Waals surface area contributed by atoms with E-state index in [0.717, 1.165) is 16.5 Å². The summed E-state index contributed by atoms with van der Waals surface area (Å²) in [6.45, 7) is 3.80. The molecule has 8 nitrogen and oxygen atoms in total. The van der Waals surface area contributed by atoms with Crippen molar-refractivity contribution in [1.29, 1.82) is 0 Å². The normalized spacial score (nSPS) is 19.0. The average Bonchev–Trinajstić information content (AvgIpc) is 3.15. The van der Waals surface area contributed by atoms with Crippen molar-refractivity contribution in [3.8, 4) is 11.5 Å². The second-order valence-electron chi connectivity index (χ2n) is 12.1. The van der Waals surface area contributed by atoms with Gasteiger partial charge in [-0.15, -0.1) is 0 Å². The molecule has 0 radical (unpaired) electrons. The number of anilines is 2.